The summed E-state index contributed by atoms with van der Waals surface area (Å²) in [7, 11) is 0. The summed E-state index contributed by atoms with van der Waals surface area (Å²) >= 11 is 5.20. The quantitative estimate of drug-likeness (QED) is 0.512. The summed E-state index contributed by atoms with van der Waals surface area (Å²) < 4.78 is 0. The van der Waals surface area contributed by atoms with Gasteiger partial charge in [0.2, 0.25) is 0 Å². The van der Waals surface area contributed by atoms with Gasteiger partial charge >= 0.3 is 0 Å². The fourth-order valence-electron chi connectivity index (χ4n) is 1.93. The molecule has 0 amide bonds. The van der Waals surface area contributed by atoms with E-state index in [2.05, 4.69) is 48.7 Å². The summed E-state index contributed by atoms with van der Waals surface area (Å²) in [4.78, 5) is 0. The third-order valence-corrected chi connectivity index (χ3v) is 3.30. The molecular formula is C17H19N3S. The number of anilines is 1. The highest BCUT2D eigenvalue weighted by Gasteiger charge is 1.97. The number of rotatable bonds is 3. The van der Waals surface area contributed by atoms with Crippen molar-refractivity contribution in [2.24, 2.45) is 5.10 Å². The molecular weight excluding hydrogens is 278 g/mol. The monoisotopic (exact) mass is 297 g/mol. The maximum atomic E-state index is 5.20. The van der Waals surface area contributed by atoms with Crippen molar-refractivity contribution in [1.82, 2.24) is 5.43 Å². The van der Waals surface area contributed by atoms with E-state index in [-0.39, 0.29) is 0 Å². The van der Waals surface area contributed by atoms with Crippen molar-refractivity contribution >= 4 is 29.2 Å². The second-order valence-corrected chi connectivity index (χ2v) is 5.46. The highest BCUT2D eigenvalue weighted by atomic mass is 32.1. The SMILES string of the molecule is Cc1ccc(NC(=S)NN=Cc2ccc(C)cc2C)cc1. The van der Waals surface area contributed by atoms with E-state index in [9.17, 15) is 0 Å². The summed E-state index contributed by atoms with van der Waals surface area (Å²) in [5, 5.41) is 7.72. The van der Waals surface area contributed by atoms with Crippen LogP contribution in [0.15, 0.2) is 47.6 Å². The molecule has 0 radical (unpaired) electrons. The second kappa shape index (κ2) is 6.99. The lowest BCUT2D eigenvalue weighted by molar-refractivity contribution is 1.05. The van der Waals surface area contributed by atoms with Gasteiger partial charge in [-0.25, -0.2) is 0 Å². The molecule has 3 nitrogen and oxygen atoms in total. The number of aryl methyl sites for hydroxylation is 3. The van der Waals surface area contributed by atoms with E-state index < -0.39 is 0 Å². The Balaban J connectivity index is 1.91. The van der Waals surface area contributed by atoms with Crippen molar-refractivity contribution < 1.29 is 0 Å². The van der Waals surface area contributed by atoms with Crippen molar-refractivity contribution in [3.05, 3.63) is 64.7 Å². The molecule has 2 rings (SSSR count). The highest BCUT2D eigenvalue weighted by molar-refractivity contribution is 7.80. The van der Waals surface area contributed by atoms with Gasteiger partial charge in [0.25, 0.3) is 0 Å². The number of hydrazone groups is 1. The van der Waals surface area contributed by atoms with Crippen molar-refractivity contribution in [3.63, 3.8) is 0 Å². The van der Waals surface area contributed by atoms with Crippen LogP contribution in [0.3, 0.4) is 0 Å². The van der Waals surface area contributed by atoms with Crippen molar-refractivity contribution in [2.75, 3.05) is 5.32 Å². The third-order valence-electron chi connectivity index (χ3n) is 3.10. The Morgan fingerprint density at radius 3 is 2.33 bits per heavy atom. The topological polar surface area (TPSA) is 36.4 Å². The minimum absolute atomic E-state index is 0.472. The number of thiocarbonyl (C=S) groups is 1. The average molecular weight is 297 g/mol. The Morgan fingerprint density at radius 2 is 1.67 bits per heavy atom. The van der Waals surface area contributed by atoms with Crippen LogP contribution in [0.4, 0.5) is 5.69 Å². The first kappa shape index (κ1) is 15.2. The smallest absolute Gasteiger partial charge is 0.191 e. The zero-order chi connectivity index (χ0) is 15.2. The lowest BCUT2D eigenvalue weighted by Gasteiger charge is -2.07. The standard InChI is InChI=1S/C17H19N3S/c1-12-5-8-16(9-6-12)19-17(21)20-18-11-15-7-4-13(2)10-14(15)3/h4-11H,1-3H3,(H2,19,20,21). The van der Waals surface area contributed by atoms with E-state index >= 15 is 0 Å². The molecule has 0 spiro atoms. The van der Waals surface area contributed by atoms with Crippen LogP contribution in [-0.4, -0.2) is 11.3 Å². The van der Waals surface area contributed by atoms with E-state index in [1.807, 2.05) is 30.3 Å². The Bertz CT molecular complexity index is 660. The first-order chi connectivity index (χ1) is 10.0. The molecule has 0 aliphatic carbocycles. The number of hydrogen-bond donors (Lipinski definition) is 2. The molecule has 0 heterocycles. The van der Waals surface area contributed by atoms with Gasteiger partial charge in [-0.1, -0.05) is 41.5 Å². The number of nitrogens with one attached hydrogen (secondary N) is 2. The first-order valence-corrected chi connectivity index (χ1v) is 7.19. The summed E-state index contributed by atoms with van der Waals surface area (Å²) in [6.07, 6.45) is 1.78. The van der Waals surface area contributed by atoms with E-state index in [4.69, 9.17) is 12.2 Å². The fraction of sp³-hybridized carbons (Fsp3) is 0.176. The van der Waals surface area contributed by atoms with Gasteiger partial charge in [0.1, 0.15) is 0 Å². The Morgan fingerprint density at radius 1 is 1.00 bits per heavy atom. The third kappa shape index (κ3) is 4.68. The molecule has 2 N–H and O–H groups in total. The Kier molecular flexibility index (Phi) is 5.06. The molecule has 0 bridgehead atoms. The molecule has 0 saturated heterocycles. The minimum Gasteiger partial charge on any atom is -0.331 e. The lowest BCUT2D eigenvalue weighted by Crippen LogP contribution is -2.23. The van der Waals surface area contributed by atoms with Gasteiger partial charge in [0, 0.05) is 5.69 Å². The molecule has 0 atom stereocenters. The summed E-state index contributed by atoms with van der Waals surface area (Å²) in [6.45, 7) is 6.19. The molecule has 0 unspecified atom stereocenters. The van der Waals surface area contributed by atoms with Gasteiger partial charge in [0.05, 0.1) is 6.21 Å². The van der Waals surface area contributed by atoms with Crippen molar-refractivity contribution in [2.45, 2.75) is 20.8 Å². The van der Waals surface area contributed by atoms with Crippen LogP contribution in [0.5, 0.6) is 0 Å². The molecule has 2 aromatic rings. The van der Waals surface area contributed by atoms with Gasteiger partial charge in [0.15, 0.2) is 5.11 Å². The zero-order valence-electron chi connectivity index (χ0n) is 12.5. The van der Waals surface area contributed by atoms with Gasteiger partial charge in [-0.3, -0.25) is 5.43 Å². The largest absolute Gasteiger partial charge is 0.331 e. The fourth-order valence-corrected chi connectivity index (χ4v) is 2.10. The predicted octanol–water partition coefficient (Wildman–Crippen LogP) is 3.93. The van der Waals surface area contributed by atoms with Gasteiger partial charge in [-0.15, -0.1) is 0 Å². The maximum absolute atomic E-state index is 5.20. The van der Waals surface area contributed by atoms with Crippen molar-refractivity contribution in [3.8, 4) is 0 Å². The molecule has 0 saturated carbocycles. The van der Waals surface area contributed by atoms with E-state index in [1.54, 1.807) is 6.21 Å². The molecule has 0 fully saturated rings. The van der Waals surface area contributed by atoms with Crippen molar-refractivity contribution in [1.29, 1.82) is 0 Å². The van der Waals surface area contributed by atoms with E-state index in [0.717, 1.165) is 11.3 Å². The minimum atomic E-state index is 0.472. The number of benzene rings is 2. The predicted molar refractivity (Wildman–Crippen MR) is 94.0 cm³/mol. The normalized spacial score (nSPS) is 10.6. The van der Waals surface area contributed by atoms with Gasteiger partial charge < -0.3 is 5.32 Å². The lowest BCUT2D eigenvalue weighted by atomic mass is 10.1. The molecule has 21 heavy (non-hydrogen) atoms. The number of nitrogens with zero attached hydrogens (tertiary/aromatic N) is 1. The van der Waals surface area contributed by atoms with Crippen LogP contribution in [0.2, 0.25) is 0 Å². The van der Waals surface area contributed by atoms with Crippen LogP contribution in [0, 0.1) is 20.8 Å². The molecule has 108 valence electrons. The first-order valence-electron chi connectivity index (χ1n) is 6.78. The molecule has 2 aromatic carbocycles. The van der Waals surface area contributed by atoms with Crippen LogP contribution < -0.4 is 10.7 Å². The zero-order valence-corrected chi connectivity index (χ0v) is 13.3. The Labute approximate surface area is 131 Å². The molecule has 0 aromatic heterocycles. The summed E-state index contributed by atoms with van der Waals surface area (Å²) in [5.41, 5.74) is 8.50. The maximum Gasteiger partial charge on any atom is 0.191 e. The Hall–Kier alpha value is -2.20. The molecule has 0 aliphatic heterocycles. The van der Waals surface area contributed by atoms with Crippen LogP contribution in [0.25, 0.3) is 0 Å². The van der Waals surface area contributed by atoms with Crippen LogP contribution in [-0.2, 0) is 0 Å². The van der Waals surface area contributed by atoms with E-state index in [0.29, 0.717) is 5.11 Å². The second-order valence-electron chi connectivity index (χ2n) is 5.05. The summed E-state index contributed by atoms with van der Waals surface area (Å²) in [5.74, 6) is 0. The van der Waals surface area contributed by atoms with Gasteiger partial charge in [-0.05, 0) is 56.2 Å². The molecule has 4 heteroatoms. The van der Waals surface area contributed by atoms with E-state index in [1.165, 1.54) is 16.7 Å². The van der Waals surface area contributed by atoms with Crippen LogP contribution >= 0.6 is 12.2 Å². The van der Waals surface area contributed by atoms with Gasteiger partial charge in [-0.2, -0.15) is 5.10 Å². The van der Waals surface area contributed by atoms with Crippen LogP contribution in [0.1, 0.15) is 22.3 Å². The number of hydrogen-bond acceptors (Lipinski definition) is 2. The highest BCUT2D eigenvalue weighted by Crippen LogP contribution is 2.09. The molecule has 0 aliphatic rings. The average Bonchev–Trinajstić information content (AvgIpc) is 2.44. The summed E-state index contributed by atoms with van der Waals surface area (Å²) in [6, 6.07) is 14.3.